The van der Waals surface area contributed by atoms with Gasteiger partial charge in [-0.15, -0.1) is 0 Å². The fraction of sp³-hybridized carbons (Fsp3) is 0.250. The lowest BCUT2D eigenvalue weighted by Crippen LogP contribution is -2.18. The molecular weight excluding hydrogens is 364 g/mol. The largest absolute Gasteiger partial charge is 0.497 e. The zero-order valence-corrected chi connectivity index (χ0v) is 15.4. The summed E-state index contributed by atoms with van der Waals surface area (Å²) in [7, 11) is 1.25. The highest BCUT2D eigenvalue weighted by molar-refractivity contribution is 7.92. The molecule has 0 fully saturated rings. The zero-order valence-electron chi connectivity index (χ0n) is 14.6. The van der Waals surface area contributed by atoms with Crippen molar-refractivity contribution in [1.29, 1.82) is 0 Å². The first-order chi connectivity index (χ1) is 12.4. The van der Waals surface area contributed by atoms with Gasteiger partial charge < -0.3 is 18.9 Å². The van der Waals surface area contributed by atoms with Crippen LogP contribution < -0.4 is 18.9 Å². The van der Waals surface area contributed by atoms with Gasteiger partial charge in [0.05, 0.1) is 38.9 Å². The minimum atomic E-state index is -4.03. The van der Waals surface area contributed by atoms with Crippen molar-refractivity contribution in [3.05, 3.63) is 35.9 Å². The highest BCUT2D eigenvalue weighted by Gasteiger charge is 2.25. The van der Waals surface area contributed by atoms with E-state index in [9.17, 15) is 13.2 Å². The maximum Gasteiger partial charge on any atom is 0.340 e. The molecule has 26 heavy (non-hydrogen) atoms. The second-order valence-electron chi connectivity index (χ2n) is 4.87. The van der Waals surface area contributed by atoms with E-state index in [4.69, 9.17) is 18.9 Å². The molecule has 0 atom stereocenters. The van der Waals surface area contributed by atoms with Crippen molar-refractivity contribution in [1.82, 2.24) is 4.98 Å². The van der Waals surface area contributed by atoms with Gasteiger partial charge in [0, 0.05) is 6.07 Å². The highest BCUT2D eigenvalue weighted by atomic mass is 32.2. The Morgan fingerprint density at radius 2 is 1.65 bits per heavy atom. The number of rotatable bonds is 7. The quantitative estimate of drug-likeness (QED) is 0.720. The number of ether oxygens (including phenoxy) is 4. The van der Waals surface area contributed by atoms with E-state index in [0.29, 0.717) is 5.75 Å². The number of aromatic nitrogens is 1. The molecule has 0 spiro atoms. The number of methoxy groups -OCH3 is 4. The molecule has 140 valence electrons. The molecule has 0 aliphatic heterocycles. The zero-order chi connectivity index (χ0) is 19.3. The molecule has 0 radical (unpaired) electrons. The van der Waals surface area contributed by atoms with Crippen LogP contribution in [0.3, 0.4) is 0 Å². The Morgan fingerprint density at radius 3 is 2.15 bits per heavy atom. The Bertz CT molecular complexity index is 896. The lowest BCUT2D eigenvalue weighted by atomic mass is 10.2. The van der Waals surface area contributed by atoms with Crippen LogP contribution in [0.25, 0.3) is 0 Å². The molecule has 0 saturated carbocycles. The second kappa shape index (κ2) is 7.91. The third-order valence-electron chi connectivity index (χ3n) is 3.38. The van der Waals surface area contributed by atoms with E-state index in [1.165, 1.54) is 58.8 Å². The Morgan fingerprint density at radius 1 is 1.00 bits per heavy atom. The maximum atomic E-state index is 12.7. The summed E-state index contributed by atoms with van der Waals surface area (Å²) in [6, 6.07) is 6.98. The second-order valence-corrected chi connectivity index (χ2v) is 6.55. The van der Waals surface area contributed by atoms with Crippen LogP contribution in [0.2, 0.25) is 0 Å². The molecule has 2 aromatic rings. The van der Waals surface area contributed by atoms with E-state index < -0.39 is 16.0 Å². The molecule has 1 aromatic heterocycles. The summed E-state index contributed by atoms with van der Waals surface area (Å²) in [6.45, 7) is 0. The fourth-order valence-electron chi connectivity index (χ4n) is 2.07. The molecule has 0 bridgehead atoms. The Balaban J connectivity index is 2.53. The van der Waals surface area contributed by atoms with Gasteiger partial charge in [0.2, 0.25) is 11.8 Å². The first kappa shape index (κ1) is 19.3. The van der Waals surface area contributed by atoms with Gasteiger partial charge in [-0.2, -0.15) is 4.98 Å². The monoisotopic (exact) mass is 382 g/mol. The van der Waals surface area contributed by atoms with E-state index in [2.05, 4.69) is 9.71 Å². The Kier molecular flexibility index (Phi) is 5.88. The Labute approximate surface area is 150 Å². The van der Waals surface area contributed by atoms with Crippen LogP contribution in [0.1, 0.15) is 10.4 Å². The number of carbonyl (C=O) groups is 1. The van der Waals surface area contributed by atoms with Crippen molar-refractivity contribution in [3.63, 3.8) is 0 Å². The third kappa shape index (κ3) is 3.97. The van der Waals surface area contributed by atoms with Crippen molar-refractivity contribution in [3.8, 4) is 17.5 Å². The van der Waals surface area contributed by atoms with Gasteiger partial charge in [0.1, 0.15) is 11.4 Å². The van der Waals surface area contributed by atoms with Crippen molar-refractivity contribution in [2.75, 3.05) is 33.2 Å². The molecule has 0 aliphatic carbocycles. The molecule has 9 nitrogen and oxygen atoms in total. The van der Waals surface area contributed by atoms with Crippen molar-refractivity contribution in [2.45, 2.75) is 4.90 Å². The van der Waals surface area contributed by atoms with E-state index in [-0.39, 0.29) is 27.9 Å². The number of esters is 1. The summed E-state index contributed by atoms with van der Waals surface area (Å²) in [5.41, 5.74) is -0.260. The molecule has 1 N–H and O–H groups in total. The summed E-state index contributed by atoms with van der Waals surface area (Å²) in [5.74, 6) is -0.351. The minimum Gasteiger partial charge on any atom is -0.497 e. The number of hydrogen-bond acceptors (Lipinski definition) is 8. The van der Waals surface area contributed by atoms with Crippen LogP contribution in [-0.2, 0) is 14.8 Å². The van der Waals surface area contributed by atoms with Crippen LogP contribution in [0.15, 0.2) is 35.2 Å². The average Bonchev–Trinajstić information content (AvgIpc) is 2.67. The predicted molar refractivity (Wildman–Crippen MR) is 92.5 cm³/mol. The number of benzene rings is 1. The fourth-order valence-corrected chi connectivity index (χ4v) is 3.15. The molecule has 0 amide bonds. The van der Waals surface area contributed by atoms with Gasteiger partial charge in [-0.1, -0.05) is 0 Å². The molecule has 1 aromatic carbocycles. The Hall–Kier alpha value is -3.01. The average molecular weight is 382 g/mol. The minimum absolute atomic E-state index is 0.0352. The summed E-state index contributed by atoms with van der Waals surface area (Å²) in [4.78, 5) is 16.0. The lowest BCUT2D eigenvalue weighted by Gasteiger charge is -2.15. The van der Waals surface area contributed by atoms with E-state index in [0.717, 1.165) is 0 Å². The van der Waals surface area contributed by atoms with Gasteiger partial charge in [-0.3, -0.25) is 4.72 Å². The summed E-state index contributed by atoms with van der Waals surface area (Å²) in [6.07, 6.45) is 0. The van der Waals surface area contributed by atoms with E-state index >= 15 is 0 Å². The first-order valence-corrected chi connectivity index (χ1v) is 8.72. The number of nitrogens with one attached hydrogen (secondary N) is 1. The van der Waals surface area contributed by atoms with Gasteiger partial charge in [-0.25, -0.2) is 13.2 Å². The number of carbonyl (C=O) groups excluding carboxylic acids is 1. The van der Waals surface area contributed by atoms with Crippen LogP contribution in [0, 0.1) is 0 Å². The topological polar surface area (TPSA) is 113 Å². The van der Waals surface area contributed by atoms with Crippen LogP contribution in [0.4, 0.5) is 5.69 Å². The number of hydrogen-bond donors (Lipinski definition) is 1. The van der Waals surface area contributed by atoms with Crippen molar-refractivity contribution < 1.29 is 32.2 Å². The number of anilines is 1. The number of pyridine rings is 1. The van der Waals surface area contributed by atoms with Crippen LogP contribution in [0.5, 0.6) is 17.5 Å². The van der Waals surface area contributed by atoms with Gasteiger partial charge in [-0.05, 0) is 24.3 Å². The molecule has 10 heteroatoms. The van der Waals surface area contributed by atoms with Gasteiger partial charge >= 0.3 is 5.97 Å². The number of sulfonamides is 1. The normalized spacial score (nSPS) is 10.8. The molecule has 2 rings (SSSR count). The summed E-state index contributed by atoms with van der Waals surface area (Å²) < 4.78 is 47.4. The van der Waals surface area contributed by atoms with Crippen molar-refractivity contribution >= 4 is 21.7 Å². The predicted octanol–water partition coefficient (Wildman–Crippen LogP) is 1.69. The van der Waals surface area contributed by atoms with Gasteiger partial charge in [0.25, 0.3) is 10.0 Å². The first-order valence-electron chi connectivity index (χ1n) is 7.24. The SMILES string of the molecule is COC(=O)c1cc(OC)nc(OC)c1NS(=O)(=O)c1ccc(OC)cc1. The van der Waals surface area contributed by atoms with Crippen LogP contribution in [-0.4, -0.2) is 47.8 Å². The molecule has 0 aliphatic rings. The number of nitrogens with zero attached hydrogens (tertiary/aromatic N) is 1. The third-order valence-corrected chi connectivity index (χ3v) is 4.74. The molecular formula is C16H18N2O7S. The maximum absolute atomic E-state index is 12.7. The lowest BCUT2D eigenvalue weighted by molar-refractivity contribution is 0.0601. The van der Waals surface area contributed by atoms with E-state index in [1.54, 1.807) is 0 Å². The van der Waals surface area contributed by atoms with Gasteiger partial charge in [0.15, 0.2) is 0 Å². The summed E-state index contributed by atoms with van der Waals surface area (Å²) in [5, 5.41) is 0. The smallest absolute Gasteiger partial charge is 0.340 e. The molecule has 1 heterocycles. The highest BCUT2D eigenvalue weighted by Crippen LogP contribution is 2.32. The molecule has 0 unspecified atom stereocenters. The molecule has 0 saturated heterocycles. The standard InChI is InChI=1S/C16H18N2O7S/c1-22-10-5-7-11(8-6-10)26(20,21)18-14-12(16(19)25-4)9-13(23-2)17-15(14)24-3/h5-9,18H,1-4H3. The van der Waals surface area contributed by atoms with E-state index in [1.807, 2.05) is 0 Å². The summed E-state index contributed by atoms with van der Waals surface area (Å²) >= 11 is 0. The van der Waals surface area contributed by atoms with Crippen molar-refractivity contribution in [2.24, 2.45) is 0 Å². The van der Waals surface area contributed by atoms with Crippen LogP contribution >= 0.6 is 0 Å².